The van der Waals surface area contributed by atoms with Crippen molar-refractivity contribution in [1.82, 2.24) is 19.6 Å². The van der Waals surface area contributed by atoms with Crippen molar-refractivity contribution in [2.75, 3.05) is 11.9 Å². The predicted molar refractivity (Wildman–Crippen MR) is 156 cm³/mol. The van der Waals surface area contributed by atoms with Gasteiger partial charge in [0.1, 0.15) is 11.4 Å². The molecule has 2 fully saturated rings. The van der Waals surface area contributed by atoms with E-state index >= 15 is 0 Å². The summed E-state index contributed by atoms with van der Waals surface area (Å²) >= 11 is 6.26. The maximum Gasteiger partial charge on any atom is 0.295 e. The summed E-state index contributed by atoms with van der Waals surface area (Å²) in [5.74, 6) is 1.85. The van der Waals surface area contributed by atoms with Crippen molar-refractivity contribution < 1.29 is 14.3 Å². The number of hydrogen-bond donors (Lipinski definition) is 2. The first kappa shape index (κ1) is 26.1. The molecule has 2 N–H and O–H groups in total. The average Bonchev–Trinajstić information content (AvgIpc) is 3.56. The topological polar surface area (TPSA) is 107 Å². The lowest BCUT2D eigenvalue weighted by Crippen LogP contribution is -2.40. The number of aromatic nitrogens is 4. The molecule has 0 radical (unpaired) electrons. The standard InChI is InChI=1S/C31H32ClN5O4/c1-3-40-24-13-12-19(32)15-21(24)30-35-34-29(41-30)18-9-7-8-17(14-18)26-25-22(16-23(25)38)28-27(33-26)31(39)37(36(28)2)20-10-5-4-6-11-20/h4-6,10-13,15,17-18,22-23,33,38H,3,7-9,14,16H2,1-2H3/t17-,18+,22?,23?/m1/s1. The fourth-order valence-electron chi connectivity index (χ4n) is 6.85. The molecule has 3 heterocycles. The van der Waals surface area contributed by atoms with E-state index < -0.39 is 6.10 Å². The number of hydrogen-bond acceptors (Lipinski definition) is 7. The second kappa shape index (κ2) is 10.2. The average molecular weight is 574 g/mol. The molecular formula is C31H32ClN5O4. The summed E-state index contributed by atoms with van der Waals surface area (Å²) < 4.78 is 15.6. The second-order valence-corrected chi connectivity index (χ2v) is 11.6. The number of aliphatic hydroxyl groups is 1. The van der Waals surface area contributed by atoms with Gasteiger partial charge in [-0.05, 0) is 74.4 Å². The van der Waals surface area contributed by atoms with E-state index in [4.69, 9.17) is 20.8 Å². The highest BCUT2D eigenvalue weighted by molar-refractivity contribution is 6.30. The Labute approximate surface area is 242 Å². The third kappa shape index (κ3) is 4.30. The Morgan fingerprint density at radius 3 is 2.71 bits per heavy atom. The van der Waals surface area contributed by atoms with Crippen LogP contribution in [0.25, 0.3) is 17.1 Å². The van der Waals surface area contributed by atoms with E-state index in [2.05, 4.69) is 15.5 Å². The highest BCUT2D eigenvalue weighted by Gasteiger charge is 2.47. The minimum Gasteiger partial charge on any atom is -0.493 e. The lowest BCUT2D eigenvalue weighted by molar-refractivity contribution is 0.132. The van der Waals surface area contributed by atoms with Crippen molar-refractivity contribution in [2.45, 2.75) is 57.0 Å². The van der Waals surface area contributed by atoms with Crippen molar-refractivity contribution in [3.05, 3.63) is 86.8 Å². The van der Waals surface area contributed by atoms with Crippen molar-refractivity contribution in [1.29, 1.82) is 0 Å². The molecule has 1 aliphatic heterocycles. The lowest BCUT2D eigenvalue weighted by Gasteiger charge is -2.44. The van der Waals surface area contributed by atoms with Crippen LogP contribution in [0.5, 0.6) is 5.75 Å². The van der Waals surface area contributed by atoms with Crippen LogP contribution in [0.2, 0.25) is 5.02 Å². The molecule has 2 unspecified atom stereocenters. The van der Waals surface area contributed by atoms with Crippen molar-refractivity contribution in [2.24, 2.45) is 13.0 Å². The summed E-state index contributed by atoms with van der Waals surface area (Å²) in [6, 6.07) is 15.0. The first-order chi connectivity index (χ1) is 19.9. The molecule has 4 aromatic rings. The summed E-state index contributed by atoms with van der Waals surface area (Å²) in [6.45, 7) is 2.44. The fraction of sp³-hybridized carbons (Fsp3) is 0.387. The van der Waals surface area contributed by atoms with Gasteiger partial charge in [0.2, 0.25) is 5.89 Å². The Hall–Kier alpha value is -3.82. The minimum atomic E-state index is -0.513. The van der Waals surface area contributed by atoms with Crippen LogP contribution in [0.3, 0.4) is 0 Å². The van der Waals surface area contributed by atoms with Crippen LogP contribution in [0.15, 0.2) is 69.0 Å². The molecule has 7 rings (SSSR count). The molecule has 9 nitrogen and oxygen atoms in total. The Morgan fingerprint density at radius 1 is 1.12 bits per heavy atom. The van der Waals surface area contributed by atoms with Gasteiger partial charge in [-0.25, -0.2) is 4.68 Å². The molecule has 0 amide bonds. The summed E-state index contributed by atoms with van der Waals surface area (Å²) in [4.78, 5) is 13.7. The van der Waals surface area contributed by atoms with Crippen LogP contribution >= 0.6 is 11.6 Å². The van der Waals surface area contributed by atoms with E-state index in [1.54, 1.807) is 16.8 Å². The van der Waals surface area contributed by atoms with E-state index in [0.717, 1.165) is 48.3 Å². The van der Waals surface area contributed by atoms with Crippen molar-refractivity contribution in [3.8, 4) is 22.9 Å². The number of anilines is 1. The first-order valence-electron chi connectivity index (χ1n) is 14.3. The van der Waals surface area contributed by atoms with Gasteiger partial charge in [-0.1, -0.05) is 36.2 Å². The highest BCUT2D eigenvalue weighted by Crippen LogP contribution is 2.52. The molecule has 212 valence electrons. The maximum absolute atomic E-state index is 13.7. The monoisotopic (exact) mass is 573 g/mol. The van der Waals surface area contributed by atoms with E-state index in [-0.39, 0.29) is 23.3 Å². The Morgan fingerprint density at radius 2 is 1.93 bits per heavy atom. The zero-order valence-electron chi connectivity index (χ0n) is 23.0. The number of nitrogens with zero attached hydrogens (tertiary/aromatic N) is 4. The number of rotatable bonds is 6. The van der Waals surface area contributed by atoms with Crippen LogP contribution in [0.1, 0.15) is 62.4 Å². The number of halogens is 1. The van der Waals surface area contributed by atoms with Gasteiger partial charge in [-0.3, -0.25) is 9.48 Å². The van der Waals surface area contributed by atoms with Crippen LogP contribution < -0.4 is 15.6 Å². The maximum atomic E-state index is 13.7. The summed E-state index contributed by atoms with van der Waals surface area (Å²) in [6.07, 6.45) is 3.75. The van der Waals surface area contributed by atoms with Gasteiger partial charge in [0.15, 0.2) is 0 Å². The Bertz CT molecular complexity index is 1700. The molecule has 2 aromatic heterocycles. The van der Waals surface area contributed by atoms with E-state index in [1.807, 2.05) is 55.1 Å². The molecule has 0 saturated heterocycles. The molecule has 4 atom stereocenters. The molecule has 2 aliphatic carbocycles. The molecular weight excluding hydrogens is 542 g/mol. The van der Waals surface area contributed by atoms with Gasteiger partial charge in [0.25, 0.3) is 11.4 Å². The largest absolute Gasteiger partial charge is 0.493 e. The van der Waals surface area contributed by atoms with Gasteiger partial charge in [-0.2, -0.15) is 0 Å². The number of benzene rings is 2. The lowest BCUT2D eigenvalue weighted by atomic mass is 9.67. The third-order valence-corrected chi connectivity index (χ3v) is 8.99. The number of allylic oxidation sites excluding steroid dienone is 1. The van der Waals surface area contributed by atoms with Gasteiger partial charge in [-0.15, -0.1) is 10.2 Å². The number of nitrogens with one attached hydrogen (secondary N) is 1. The smallest absolute Gasteiger partial charge is 0.295 e. The number of fused-ring (bicyclic) bond motifs is 3. The SMILES string of the molecule is CCOc1ccc(Cl)cc1-c1nnc([C@H]2CCC[C@@H](C3=C4C(O)CC4c4c(c(=O)n(-c5ccccc5)n4C)N3)C2)o1. The van der Waals surface area contributed by atoms with Gasteiger partial charge < -0.3 is 19.6 Å². The quantitative estimate of drug-likeness (QED) is 0.301. The van der Waals surface area contributed by atoms with Gasteiger partial charge in [0.05, 0.1) is 29.7 Å². The number of para-hydroxylation sites is 1. The molecule has 41 heavy (non-hydrogen) atoms. The zero-order chi connectivity index (χ0) is 28.2. The zero-order valence-corrected chi connectivity index (χ0v) is 23.8. The van der Waals surface area contributed by atoms with Crippen LogP contribution in [-0.2, 0) is 7.05 Å². The fourth-order valence-corrected chi connectivity index (χ4v) is 7.03. The normalized spacial score (nSPS) is 23.4. The Kier molecular flexibility index (Phi) is 6.51. The third-order valence-electron chi connectivity index (χ3n) is 8.75. The van der Waals surface area contributed by atoms with E-state index in [9.17, 15) is 9.90 Å². The minimum absolute atomic E-state index is 0.0223. The molecule has 0 bridgehead atoms. The van der Waals surface area contributed by atoms with Crippen LogP contribution in [-0.4, -0.2) is 37.4 Å². The summed E-state index contributed by atoms with van der Waals surface area (Å²) in [7, 11) is 1.92. The molecule has 2 saturated carbocycles. The first-order valence-corrected chi connectivity index (χ1v) is 14.6. The van der Waals surface area contributed by atoms with E-state index in [1.165, 1.54) is 0 Å². The molecule has 10 heteroatoms. The van der Waals surface area contributed by atoms with Gasteiger partial charge in [0, 0.05) is 29.6 Å². The van der Waals surface area contributed by atoms with Crippen LogP contribution in [0.4, 0.5) is 5.69 Å². The van der Waals surface area contributed by atoms with Crippen LogP contribution in [0, 0.1) is 5.92 Å². The molecule has 2 aromatic carbocycles. The predicted octanol–water partition coefficient (Wildman–Crippen LogP) is 5.78. The van der Waals surface area contributed by atoms with E-state index in [0.29, 0.717) is 46.8 Å². The summed E-state index contributed by atoms with van der Waals surface area (Å²) in [5, 5.41) is 23.8. The second-order valence-electron chi connectivity index (χ2n) is 11.1. The Balaban J connectivity index is 1.18. The number of ether oxygens (including phenoxy) is 1. The summed E-state index contributed by atoms with van der Waals surface area (Å²) in [5.41, 5.74) is 4.96. The highest BCUT2D eigenvalue weighted by atomic mass is 35.5. The van der Waals surface area contributed by atoms with Crippen molar-refractivity contribution >= 4 is 17.3 Å². The van der Waals surface area contributed by atoms with Crippen molar-refractivity contribution in [3.63, 3.8) is 0 Å². The molecule has 3 aliphatic rings. The molecule has 0 spiro atoms. The number of aliphatic hydroxyl groups excluding tert-OH is 1. The van der Waals surface area contributed by atoms with Gasteiger partial charge >= 0.3 is 0 Å².